The third-order valence-electron chi connectivity index (χ3n) is 3.93. The molecule has 5 nitrogen and oxygen atoms in total. The molecule has 0 unspecified atom stereocenters. The largest absolute Gasteiger partial charge is 0.490 e. The standard InChI is InChI=1S/C19H15Cl2N3O2/c1-2-7-25-17-14(20)9-13(10-15(17)21)19-23-18(24-26-19)12-3-4-16-11(8-12)5-6-22-16/h3-6,8-10,22H,2,7H2,1H3. The lowest BCUT2D eigenvalue weighted by molar-refractivity contribution is 0.318. The second-order valence-electron chi connectivity index (χ2n) is 5.82. The summed E-state index contributed by atoms with van der Waals surface area (Å²) >= 11 is 12.6. The number of rotatable bonds is 5. The van der Waals surface area contributed by atoms with Crippen molar-refractivity contribution in [2.24, 2.45) is 0 Å². The molecule has 0 aliphatic heterocycles. The summed E-state index contributed by atoms with van der Waals surface area (Å²) in [5.74, 6) is 1.32. The Bertz CT molecular complexity index is 1050. The Labute approximate surface area is 159 Å². The fourth-order valence-corrected chi connectivity index (χ4v) is 3.27. The summed E-state index contributed by atoms with van der Waals surface area (Å²) in [6.07, 6.45) is 2.76. The molecule has 7 heteroatoms. The molecule has 0 aliphatic rings. The lowest BCUT2D eigenvalue weighted by Crippen LogP contribution is -1.96. The van der Waals surface area contributed by atoms with E-state index in [-0.39, 0.29) is 0 Å². The molecule has 0 spiro atoms. The van der Waals surface area contributed by atoms with Crippen LogP contribution >= 0.6 is 23.2 Å². The van der Waals surface area contributed by atoms with Gasteiger partial charge in [-0.05, 0) is 42.8 Å². The quantitative estimate of drug-likeness (QED) is 0.457. The molecule has 132 valence electrons. The number of halogens is 2. The van der Waals surface area contributed by atoms with Crippen molar-refractivity contribution >= 4 is 34.1 Å². The summed E-state index contributed by atoms with van der Waals surface area (Å²) in [5, 5.41) is 5.98. The molecule has 0 bridgehead atoms. The number of ether oxygens (including phenoxy) is 1. The number of nitrogens with one attached hydrogen (secondary N) is 1. The van der Waals surface area contributed by atoms with Gasteiger partial charge in [0.2, 0.25) is 5.82 Å². The van der Waals surface area contributed by atoms with Gasteiger partial charge in [-0.2, -0.15) is 4.98 Å². The van der Waals surface area contributed by atoms with E-state index in [0.29, 0.717) is 39.7 Å². The van der Waals surface area contributed by atoms with E-state index in [1.165, 1.54) is 0 Å². The zero-order chi connectivity index (χ0) is 18.1. The Balaban J connectivity index is 1.67. The van der Waals surface area contributed by atoms with Gasteiger partial charge in [-0.15, -0.1) is 0 Å². The van der Waals surface area contributed by atoms with Crippen LogP contribution in [0.5, 0.6) is 5.75 Å². The summed E-state index contributed by atoms with van der Waals surface area (Å²) in [4.78, 5) is 7.63. The molecule has 2 heterocycles. The molecule has 4 rings (SSSR count). The van der Waals surface area contributed by atoms with E-state index in [4.69, 9.17) is 32.5 Å². The average molecular weight is 388 g/mol. The molecule has 0 radical (unpaired) electrons. The lowest BCUT2D eigenvalue weighted by atomic mass is 10.1. The van der Waals surface area contributed by atoms with Crippen LogP contribution < -0.4 is 4.74 Å². The fourth-order valence-electron chi connectivity index (χ4n) is 2.68. The Morgan fingerprint density at radius 1 is 1.08 bits per heavy atom. The zero-order valence-corrected chi connectivity index (χ0v) is 15.4. The Morgan fingerprint density at radius 2 is 1.88 bits per heavy atom. The highest BCUT2D eigenvalue weighted by Gasteiger charge is 2.16. The first-order valence-electron chi connectivity index (χ1n) is 8.19. The van der Waals surface area contributed by atoms with Gasteiger partial charge >= 0.3 is 0 Å². The highest BCUT2D eigenvalue weighted by Crippen LogP contribution is 2.37. The Hall–Kier alpha value is -2.50. The summed E-state index contributed by atoms with van der Waals surface area (Å²) in [6, 6.07) is 11.3. The van der Waals surface area contributed by atoms with Crippen molar-refractivity contribution in [3.63, 3.8) is 0 Å². The number of fused-ring (bicyclic) bond motifs is 1. The average Bonchev–Trinajstić information content (AvgIpc) is 3.29. The normalized spacial score (nSPS) is 11.2. The van der Waals surface area contributed by atoms with Crippen LogP contribution in [0.2, 0.25) is 10.0 Å². The molecular weight excluding hydrogens is 373 g/mol. The SMILES string of the molecule is CCCOc1c(Cl)cc(-c2nc(-c3ccc4[nH]ccc4c3)no2)cc1Cl. The topological polar surface area (TPSA) is 63.9 Å². The second kappa shape index (κ2) is 7.02. The van der Waals surface area contributed by atoms with Gasteiger partial charge in [-0.25, -0.2) is 0 Å². The second-order valence-corrected chi connectivity index (χ2v) is 6.63. The van der Waals surface area contributed by atoms with Crippen LogP contribution in [0.1, 0.15) is 13.3 Å². The molecule has 1 N–H and O–H groups in total. The van der Waals surface area contributed by atoms with Gasteiger partial charge in [0.15, 0.2) is 5.75 Å². The number of nitrogens with zero attached hydrogens (tertiary/aromatic N) is 2. The number of hydrogen-bond donors (Lipinski definition) is 1. The Morgan fingerprint density at radius 3 is 2.65 bits per heavy atom. The lowest BCUT2D eigenvalue weighted by Gasteiger charge is -2.09. The van der Waals surface area contributed by atoms with E-state index in [9.17, 15) is 0 Å². The maximum Gasteiger partial charge on any atom is 0.258 e. The molecule has 0 saturated carbocycles. The summed E-state index contributed by atoms with van der Waals surface area (Å²) in [7, 11) is 0. The minimum Gasteiger partial charge on any atom is -0.490 e. The zero-order valence-electron chi connectivity index (χ0n) is 13.9. The van der Waals surface area contributed by atoms with Crippen LogP contribution in [-0.2, 0) is 0 Å². The molecule has 4 aromatic rings. The van der Waals surface area contributed by atoms with Crippen LogP contribution in [0, 0.1) is 0 Å². The van der Waals surface area contributed by atoms with E-state index >= 15 is 0 Å². The van der Waals surface area contributed by atoms with Crippen molar-refractivity contribution in [2.45, 2.75) is 13.3 Å². The summed E-state index contributed by atoms with van der Waals surface area (Å²) in [6.45, 7) is 2.56. The highest BCUT2D eigenvalue weighted by molar-refractivity contribution is 6.37. The highest BCUT2D eigenvalue weighted by atomic mass is 35.5. The number of H-pyrrole nitrogens is 1. The number of benzene rings is 2. The van der Waals surface area contributed by atoms with Crippen molar-refractivity contribution in [3.05, 3.63) is 52.6 Å². The van der Waals surface area contributed by atoms with E-state index in [1.807, 2.05) is 37.4 Å². The third kappa shape index (κ3) is 3.16. The molecule has 0 atom stereocenters. The van der Waals surface area contributed by atoms with Crippen LogP contribution in [-0.4, -0.2) is 21.7 Å². The Kier molecular flexibility index (Phi) is 4.57. The summed E-state index contributed by atoms with van der Waals surface area (Å²) in [5.41, 5.74) is 2.57. The maximum atomic E-state index is 6.29. The first-order chi connectivity index (χ1) is 12.7. The monoisotopic (exact) mass is 387 g/mol. The van der Waals surface area contributed by atoms with Gasteiger partial charge in [0.05, 0.1) is 16.7 Å². The molecule has 26 heavy (non-hydrogen) atoms. The van der Waals surface area contributed by atoms with Gasteiger partial charge in [-0.1, -0.05) is 35.3 Å². The van der Waals surface area contributed by atoms with Gasteiger partial charge in [0.25, 0.3) is 5.89 Å². The molecule has 0 saturated heterocycles. The smallest absolute Gasteiger partial charge is 0.258 e. The van der Waals surface area contributed by atoms with Gasteiger partial charge < -0.3 is 14.2 Å². The van der Waals surface area contributed by atoms with Crippen molar-refractivity contribution in [1.82, 2.24) is 15.1 Å². The molecule has 0 amide bonds. The van der Waals surface area contributed by atoms with E-state index in [1.54, 1.807) is 12.1 Å². The van der Waals surface area contributed by atoms with Crippen LogP contribution in [0.3, 0.4) is 0 Å². The van der Waals surface area contributed by atoms with Crippen molar-refractivity contribution < 1.29 is 9.26 Å². The van der Waals surface area contributed by atoms with Crippen LogP contribution in [0.25, 0.3) is 33.7 Å². The predicted molar refractivity (Wildman–Crippen MR) is 103 cm³/mol. The van der Waals surface area contributed by atoms with Gasteiger partial charge in [0, 0.05) is 28.2 Å². The maximum absolute atomic E-state index is 6.29. The van der Waals surface area contributed by atoms with Crippen LogP contribution in [0.15, 0.2) is 47.1 Å². The van der Waals surface area contributed by atoms with E-state index in [0.717, 1.165) is 22.9 Å². The molecule has 2 aromatic heterocycles. The molecule has 0 fully saturated rings. The van der Waals surface area contributed by atoms with Crippen molar-refractivity contribution in [1.29, 1.82) is 0 Å². The predicted octanol–water partition coefficient (Wildman–Crippen LogP) is 5.98. The van der Waals surface area contributed by atoms with Crippen LogP contribution in [0.4, 0.5) is 0 Å². The number of hydrogen-bond acceptors (Lipinski definition) is 4. The van der Waals surface area contributed by atoms with Crippen molar-refractivity contribution in [3.8, 4) is 28.6 Å². The fraction of sp³-hybridized carbons (Fsp3) is 0.158. The van der Waals surface area contributed by atoms with Crippen molar-refractivity contribution in [2.75, 3.05) is 6.61 Å². The first-order valence-corrected chi connectivity index (χ1v) is 8.94. The number of aromatic amines is 1. The minimum absolute atomic E-state index is 0.347. The van der Waals surface area contributed by atoms with Gasteiger partial charge in [0.1, 0.15) is 0 Å². The first kappa shape index (κ1) is 16.9. The minimum atomic E-state index is 0.347. The van der Waals surface area contributed by atoms with E-state index in [2.05, 4.69) is 15.1 Å². The third-order valence-corrected chi connectivity index (χ3v) is 4.49. The summed E-state index contributed by atoms with van der Waals surface area (Å²) < 4.78 is 11.0. The molecule has 0 aliphatic carbocycles. The number of aromatic nitrogens is 3. The van der Waals surface area contributed by atoms with E-state index < -0.39 is 0 Å². The van der Waals surface area contributed by atoms with Gasteiger partial charge in [-0.3, -0.25) is 0 Å². The molecular formula is C19H15Cl2N3O2. The molecule has 2 aromatic carbocycles.